The summed E-state index contributed by atoms with van der Waals surface area (Å²) in [5, 5.41) is 0. The quantitative estimate of drug-likeness (QED) is 0.802. The van der Waals surface area contributed by atoms with Crippen LogP contribution in [0.4, 0.5) is 0 Å². The van der Waals surface area contributed by atoms with Crippen LogP contribution in [0.5, 0.6) is 0 Å². The Morgan fingerprint density at radius 1 is 1.20 bits per heavy atom. The predicted octanol–water partition coefficient (Wildman–Crippen LogP) is 2.17. The molecular weight excluding hydrogens is 252 g/mol. The number of carbonyl (C=O) groups excluding carboxylic acids is 1. The smallest absolute Gasteiger partial charge is 0.242 e. The minimum atomic E-state index is -0.681. The third-order valence-electron chi connectivity index (χ3n) is 5.05. The molecule has 0 bridgehead atoms. The van der Waals surface area contributed by atoms with E-state index in [-0.39, 0.29) is 5.91 Å². The molecule has 2 rings (SSSR count). The molecule has 1 atom stereocenters. The molecule has 20 heavy (non-hydrogen) atoms. The molecule has 116 valence electrons. The molecule has 2 aliphatic rings. The molecule has 4 nitrogen and oxygen atoms in total. The summed E-state index contributed by atoms with van der Waals surface area (Å²) in [6.07, 6.45) is 4.73. The van der Waals surface area contributed by atoms with Gasteiger partial charge in [-0.3, -0.25) is 4.79 Å². The normalized spacial score (nSPS) is 28.0. The molecule has 2 aliphatic heterocycles. The zero-order valence-electron chi connectivity index (χ0n) is 13.3. The van der Waals surface area contributed by atoms with E-state index in [1.165, 1.54) is 6.42 Å². The Morgan fingerprint density at radius 2 is 1.85 bits per heavy atom. The lowest BCUT2D eigenvalue weighted by Crippen LogP contribution is -2.58. The maximum atomic E-state index is 12.7. The van der Waals surface area contributed by atoms with E-state index in [2.05, 4.69) is 20.8 Å². The van der Waals surface area contributed by atoms with Gasteiger partial charge in [0.2, 0.25) is 5.91 Å². The molecule has 4 heteroatoms. The van der Waals surface area contributed by atoms with Gasteiger partial charge in [0, 0.05) is 26.3 Å². The van der Waals surface area contributed by atoms with Crippen molar-refractivity contribution in [1.82, 2.24) is 4.90 Å². The SMILES string of the molecule is CC(C)(C)C1CCCN(C(=O)C2(N)CCOCC2)CC1. The number of nitrogens with two attached hydrogens (primary N) is 1. The molecule has 0 radical (unpaired) electrons. The minimum absolute atomic E-state index is 0.148. The van der Waals surface area contributed by atoms with Crippen LogP contribution in [0, 0.1) is 11.3 Å². The standard InChI is InChI=1S/C16H30N2O2/c1-15(2,3)13-5-4-9-18(10-6-13)14(19)16(17)7-11-20-12-8-16/h13H,4-12,17H2,1-3H3. The van der Waals surface area contributed by atoms with Crippen LogP contribution in [-0.4, -0.2) is 42.6 Å². The minimum Gasteiger partial charge on any atom is -0.381 e. The lowest BCUT2D eigenvalue weighted by Gasteiger charge is -2.36. The van der Waals surface area contributed by atoms with Crippen molar-refractivity contribution >= 4 is 5.91 Å². The van der Waals surface area contributed by atoms with E-state index in [9.17, 15) is 4.79 Å². The number of hydrogen-bond donors (Lipinski definition) is 1. The van der Waals surface area contributed by atoms with Crippen molar-refractivity contribution in [2.45, 2.75) is 58.4 Å². The van der Waals surface area contributed by atoms with Crippen molar-refractivity contribution in [2.24, 2.45) is 17.1 Å². The summed E-state index contributed by atoms with van der Waals surface area (Å²) in [5.41, 5.74) is 5.98. The zero-order valence-corrected chi connectivity index (χ0v) is 13.3. The van der Waals surface area contributed by atoms with E-state index in [1.54, 1.807) is 0 Å². The number of hydrogen-bond acceptors (Lipinski definition) is 3. The first-order valence-corrected chi connectivity index (χ1v) is 7.99. The largest absolute Gasteiger partial charge is 0.381 e. The molecule has 0 aromatic heterocycles. The van der Waals surface area contributed by atoms with Crippen LogP contribution in [0.25, 0.3) is 0 Å². The Bertz CT molecular complexity index is 343. The second-order valence-corrected chi connectivity index (χ2v) is 7.55. The van der Waals surface area contributed by atoms with E-state index >= 15 is 0 Å². The van der Waals surface area contributed by atoms with Crippen molar-refractivity contribution < 1.29 is 9.53 Å². The first-order valence-electron chi connectivity index (χ1n) is 7.99. The molecule has 2 N–H and O–H groups in total. The van der Waals surface area contributed by atoms with Crippen molar-refractivity contribution in [3.8, 4) is 0 Å². The average Bonchev–Trinajstić information content (AvgIpc) is 2.64. The van der Waals surface area contributed by atoms with E-state index in [0.29, 0.717) is 37.4 Å². The summed E-state index contributed by atoms with van der Waals surface area (Å²) < 4.78 is 5.34. The van der Waals surface area contributed by atoms with E-state index in [1.807, 2.05) is 4.90 Å². The molecule has 1 amide bonds. The maximum absolute atomic E-state index is 12.7. The third kappa shape index (κ3) is 3.53. The van der Waals surface area contributed by atoms with Crippen LogP contribution in [-0.2, 0) is 9.53 Å². The highest BCUT2D eigenvalue weighted by Gasteiger charge is 2.39. The molecule has 0 saturated carbocycles. The molecular formula is C16H30N2O2. The molecule has 0 aromatic carbocycles. The van der Waals surface area contributed by atoms with Crippen LogP contribution >= 0.6 is 0 Å². The van der Waals surface area contributed by atoms with Gasteiger partial charge in [0.15, 0.2) is 0 Å². The molecule has 0 aromatic rings. The first-order chi connectivity index (χ1) is 9.33. The Labute approximate surface area is 123 Å². The second-order valence-electron chi connectivity index (χ2n) is 7.55. The first kappa shape index (κ1) is 15.8. The highest BCUT2D eigenvalue weighted by atomic mass is 16.5. The fourth-order valence-electron chi connectivity index (χ4n) is 3.43. The fourth-order valence-corrected chi connectivity index (χ4v) is 3.43. The molecule has 0 spiro atoms. The number of rotatable bonds is 1. The second kappa shape index (κ2) is 6.02. The number of nitrogens with zero attached hydrogens (tertiary/aromatic N) is 1. The topological polar surface area (TPSA) is 55.6 Å². The van der Waals surface area contributed by atoms with Gasteiger partial charge in [-0.1, -0.05) is 20.8 Å². The fraction of sp³-hybridized carbons (Fsp3) is 0.938. The summed E-state index contributed by atoms with van der Waals surface area (Å²) in [7, 11) is 0. The molecule has 2 heterocycles. The number of carbonyl (C=O) groups is 1. The van der Waals surface area contributed by atoms with E-state index < -0.39 is 5.54 Å². The van der Waals surface area contributed by atoms with Gasteiger partial charge >= 0.3 is 0 Å². The molecule has 1 unspecified atom stereocenters. The highest BCUT2D eigenvalue weighted by molar-refractivity contribution is 5.86. The Hall–Kier alpha value is -0.610. The number of amides is 1. The number of ether oxygens (including phenoxy) is 1. The van der Waals surface area contributed by atoms with Crippen molar-refractivity contribution in [1.29, 1.82) is 0 Å². The predicted molar refractivity (Wildman–Crippen MR) is 80.3 cm³/mol. The Kier molecular flexibility index (Phi) is 4.75. The molecule has 2 saturated heterocycles. The van der Waals surface area contributed by atoms with Gasteiger partial charge in [-0.05, 0) is 43.4 Å². The van der Waals surface area contributed by atoms with Gasteiger partial charge in [-0.25, -0.2) is 0 Å². The number of likely N-dealkylation sites (tertiary alicyclic amines) is 1. The van der Waals surface area contributed by atoms with Crippen LogP contribution in [0.1, 0.15) is 52.9 Å². The van der Waals surface area contributed by atoms with Crippen LogP contribution in [0.3, 0.4) is 0 Å². The lowest BCUT2D eigenvalue weighted by atomic mass is 9.77. The average molecular weight is 282 g/mol. The van der Waals surface area contributed by atoms with Crippen molar-refractivity contribution in [3.63, 3.8) is 0 Å². The van der Waals surface area contributed by atoms with Crippen molar-refractivity contribution in [3.05, 3.63) is 0 Å². The summed E-state index contributed by atoms with van der Waals surface area (Å²) in [4.78, 5) is 14.7. The Morgan fingerprint density at radius 3 is 2.45 bits per heavy atom. The highest BCUT2D eigenvalue weighted by Crippen LogP contribution is 2.35. The van der Waals surface area contributed by atoms with E-state index in [0.717, 1.165) is 25.9 Å². The van der Waals surface area contributed by atoms with Gasteiger partial charge in [0.05, 0.1) is 5.54 Å². The monoisotopic (exact) mass is 282 g/mol. The summed E-state index contributed by atoms with van der Waals surface area (Å²) in [6.45, 7) is 9.86. The van der Waals surface area contributed by atoms with Gasteiger partial charge in [-0.2, -0.15) is 0 Å². The van der Waals surface area contributed by atoms with Gasteiger partial charge < -0.3 is 15.4 Å². The summed E-state index contributed by atoms with van der Waals surface area (Å²) in [5.74, 6) is 0.846. The Balaban J connectivity index is 1.98. The van der Waals surface area contributed by atoms with E-state index in [4.69, 9.17) is 10.5 Å². The maximum Gasteiger partial charge on any atom is 0.242 e. The van der Waals surface area contributed by atoms with Gasteiger partial charge in [0.25, 0.3) is 0 Å². The molecule has 2 fully saturated rings. The van der Waals surface area contributed by atoms with Gasteiger partial charge in [0.1, 0.15) is 0 Å². The summed E-state index contributed by atoms with van der Waals surface area (Å²) >= 11 is 0. The third-order valence-corrected chi connectivity index (χ3v) is 5.05. The summed E-state index contributed by atoms with van der Waals surface area (Å²) in [6, 6.07) is 0. The molecule has 0 aliphatic carbocycles. The lowest BCUT2D eigenvalue weighted by molar-refractivity contribution is -0.140. The van der Waals surface area contributed by atoms with Gasteiger partial charge in [-0.15, -0.1) is 0 Å². The van der Waals surface area contributed by atoms with Crippen molar-refractivity contribution in [2.75, 3.05) is 26.3 Å². The van der Waals surface area contributed by atoms with Crippen LogP contribution in [0.15, 0.2) is 0 Å². The zero-order chi connectivity index (χ0) is 14.8. The van der Waals surface area contributed by atoms with Crippen LogP contribution in [0.2, 0.25) is 0 Å². The van der Waals surface area contributed by atoms with Crippen LogP contribution < -0.4 is 5.73 Å².